The van der Waals surface area contributed by atoms with Crippen LogP contribution in [0, 0.1) is 0 Å². The molecule has 8 heteroatoms. The molecule has 2 aromatic rings. The fourth-order valence-electron chi connectivity index (χ4n) is 2.90. The van der Waals surface area contributed by atoms with Crippen molar-refractivity contribution in [3.05, 3.63) is 48.0 Å². The number of nitrogens with one attached hydrogen (secondary N) is 1. The molecule has 1 unspecified atom stereocenters. The quantitative estimate of drug-likeness (QED) is 0.412. The van der Waals surface area contributed by atoms with Crippen LogP contribution in [0.1, 0.15) is 24.3 Å². The number of aryl methyl sites for hydroxylation is 1. The summed E-state index contributed by atoms with van der Waals surface area (Å²) < 4.78 is 7.73. The van der Waals surface area contributed by atoms with Gasteiger partial charge < -0.3 is 15.0 Å². The van der Waals surface area contributed by atoms with E-state index in [2.05, 4.69) is 27.2 Å². The van der Waals surface area contributed by atoms with Crippen LogP contribution in [-0.4, -0.2) is 58.4 Å². The maximum absolute atomic E-state index is 5.92. The minimum Gasteiger partial charge on any atom is -0.370 e. The molecule has 1 saturated heterocycles. The highest BCUT2D eigenvalue weighted by Crippen LogP contribution is 2.21. The highest BCUT2D eigenvalue weighted by Gasteiger charge is 2.25. The molecule has 1 atom stereocenters. The fraction of sp³-hybridized carbons (Fsp3) is 0.500. The predicted molar refractivity (Wildman–Crippen MR) is 113 cm³/mol. The van der Waals surface area contributed by atoms with Crippen molar-refractivity contribution in [3.63, 3.8) is 0 Å². The first kappa shape index (κ1) is 20.6. The Kier molecular flexibility index (Phi) is 8.30. The van der Waals surface area contributed by atoms with E-state index in [1.54, 1.807) is 0 Å². The number of pyridine rings is 1. The van der Waals surface area contributed by atoms with Gasteiger partial charge >= 0.3 is 0 Å². The molecule has 3 heterocycles. The average Bonchev–Trinajstić information content (AvgIpc) is 3.08. The molecule has 1 N–H and O–H groups in total. The minimum absolute atomic E-state index is 0. The van der Waals surface area contributed by atoms with Gasteiger partial charge in [0.25, 0.3) is 0 Å². The van der Waals surface area contributed by atoms with E-state index < -0.39 is 0 Å². The standard InChI is InChI=1S/C18H26N6O.HI/c1-3-19-18(21-9-7-16-6-4-5-8-20-16)24-10-11-25-17(14-24)15-12-22-23(2)13-15;/h4-6,8,12-13,17H,3,7,9-11,14H2,1-2H3,(H,19,21);1H. The third-order valence-electron chi connectivity index (χ3n) is 4.15. The van der Waals surface area contributed by atoms with E-state index in [1.807, 2.05) is 48.5 Å². The second-order valence-electron chi connectivity index (χ2n) is 6.06. The molecule has 7 nitrogen and oxygen atoms in total. The molecule has 26 heavy (non-hydrogen) atoms. The summed E-state index contributed by atoms with van der Waals surface area (Å²) >= 11 is 0. The number of aliphatic imine (C=N–C) groups is 1. The molecule has 1 aliphatic heterocycles. The molecular formula is C18H27IN6O. The van der Waals surface area contributed by atoms with Gasteiger partial charge in [0.1, 0.15) is 6.10 Å². The Morgan fingerprint density at radius 2 is 2.31 bits per heavy atom. The highest BCUT2D eigenvalue weighted by molar-refractivity contribution is 14.0. The van der Waals surface area contributed by atoms with Crippen LogP contribution in [-0.2, 0) is 18.2 Å². The van der Waals surface area contributed by atoms with E-state index in [1.165, 1.54) is 0 Å². The number of ether oxygens (including phenoxy) is 1. The van der Waals surface area contributed by atoms with Gasteiger partial charge in [-0.1, -0.05) is 6.07 Å². The first-order chi connectivity index (χ1) is 12.3. The van der Waals surface area contributed by atoms with Crippen LogP contribution < -0.4 is 5.32 Å². The molecule has 142 valence electrons. The average molecular weight is 470 g/mol. The van der Waals surface area contributed by atoms with Crippen LogP contribution in [0.25, 0.3) is 0 Å². The zero-order valence-electron chi connectivity index (χ0n) is 15.3. The monoisotopic (exact) mass is 470 g/mol. The van der Waals surface area contributed by atoms with Crippen LogP contribution in [0.2, 0.25) is 0 Å². The molecule has 0 radical (unpaired) electrons. The largest absolute Gasteiger partial charge is 0.370 e. The summed E-state index contributed by atoms with van der Waals surface area (Å²) in [5.74, 6) is 0.940. The molecule has 0 saturated carbocycles. The Balaban J connectivity index is 0.00000243. The van der Waals surface area contributed by atoms with E-state index in [0.29, 0.717) is 13.2 Å². The number of aromatic nitrogens is 3. The summed E-state index contributed by atoms with van der Waals surface area (Å²) in [7, 11) is 1.92. The Bertz CT molecular complexity index is 690. The van der Waals surface area contributed by atoms with Gasteiger partial charge in [0.2, 0.25) is 0 Å². The third kappa shape index (κ3) is 5.66. The Labute approximate surface area is 171 Å². The van der Waals surface area contributed by atoms with Gasteiger partial charge in [0.05, 0.1) is 19.3 Å². The lowest BCUT2D eigenvalue weighted by Gasteiger charge is -2.34. The number of hydrogen-bond acceptors (Lipinski definition) is 4. The lowest BCUT2D eigenvalue weighted by molar-refractivity contribution is -0.00803. The first-order valence-electron chi connectivity index (χ1n) is 8.79. The van der Waals surface area contributed by atoms with Crippen molar-refractivity contribution >= 4 is 29.9 Å². The third-order valence-corrected chi connectivity index (χ3v) is 4.15. The summed E-state index contributed by atoms with van der Waals surface area (Å²) in [4.78, 5) is 11.4. The number of rotatable bonds is 5. The van der Waals surface area contributed by atoms with Crippen LogP contribution >= 0.6 is 24.0 Å². The summed E-state index contributed by atoms with van der Waals surface area (Å²) in [6, 6.07) is 5.98. The zero-order valence-corrected chi connectivity index (χ0v) is 17.7. The van der Waals surface area contributed by atoms with Gasteiger partial charge in [-0.2, -0.15) is 5.10 Å². The van der Waals surface area contributed by atoms with Crippen molar-refractivity contribution in [1.29, 1.82) is 0 Å². The van der Waals surface area contributed by atoms with E-state index in [0.717, 1.165) is 43.3 Å². The molecule has 1 fully saturated rings. The van der Waals surface area contributed by atoms with Crippen molar-refractivity contribution in [2.45, 2.75) is 19.4 Å². The van der Waals surface area contributed by atoms with E-state index in [4.69, 9.17) is 9.73 Å². The van der Waals surface area contributed by atoms with Gasteiger partial charge in [0.15, 0.2) is 5.96 Å². The highest BCUT2D eigenvalue weighted by atomic mass is 127. The van der Waals surface area contributed by atoms with Crippen LogP contribution in [0.4, 0.5) is 0 Å². The van der Waals surface area contributed by atoms with Gasteiger partial charge in [0, 0.05) is 56.8 Å². The van der Waals surface area contributed by atoms with Crippen molar-refractivity contribution in [3.8, 4) is 0 Å². The maximum Gasteiger partial charge on any atom is 0.194 e. The molecule has 3 rings (SSSR count). The summed E-state index contributed by atoms with van der Waals surface area (Å²) in [6.07, 6.45) is 6.58. The molecule has 1 aliphatic rings. The first-order valence-corrected chi connectivity index (χ1v) is 8.79. The number of nitrogens with zero attached hydrogens (tertiary/aromatic N) is 5. The zero-order chi connectivity index (χ0) is 17.5. The van der Waals surface area contributed by atoms with Crippen LogP contribution in [0.3, 0.4) is 0 Å². The van der Waals surface area contributed by atoms with Crippen molar-refractivity contribution in [1.82, 2.24) is 25.0 Å². The van der Waals surface area contributed by atoms with Gasteiger partial charge in [-0.15, -0.1) is 24.0 Å². The number of hydrogen-bond donors (Lipinski definition) is 1. The summed E-state index contributed by atoms with van der Waals surface area (Å²) in [5, 5.41) is 7.64. The van der Waals surface area contributed by atoms with E-state index in [-0.39, 0.29) is 30.1 Å². The lowest BCUT2D eigenvalue weighted by atomic mass is 10.1. The topological polar surface area (TPSA) is 67.6 Å². The predicted octanol–water partition coefficient (Wildman–Crippen LogP) is 2.01. The molecule has 0 aliphatic carbocycles. The minimum atomic E-state index is 0. The van der Waals surface area contributed by atoms with E-state index >= 15 is 0 Å². The molecule has 0 spiro atoms. The SMILES string of the molecule is CCNC(=NCCc1ccccn1)N1CCOC(c2cnn(C)c2)C1.I. The Morgan fingerprint density at radius 3 is 3.00 bits per heavy atom. The summed E-state index contributed by atoms with van der Waals surface area (Å²) in [6.45, 7) is 5.95. The number of guanidine groups is 1. The summed E-state index contributed by atoms with van der Waals surface area (Å²) in [5.41, 5.74) is 2.17. The van der Waals surface area contributed by atoms with Crippen molar-refractivity contribution in [2.24, 2.45) is 12.0 Å². The second kappa shape index (κ2) is 10.5. The lowest BCUT2D eigenvalue weighted by Crippen LogP contribution is -2.48. The normalized spacial score (nSPS) is 17.7. The van der Waals surface area contributed by atoms with Gasteiger partial charge in [-0.3, -0.25) is 14.7 Å². The smallest absolute Gasteiger partial charge is 0.194 e. The molecule has 0 amide bonds. The van der Waals surface area contributed by atoms with Crippen molar-refractivity contribution in [2.75, 3.05) is 32.8 Å². The van der Waals surface area contributed by atoms with Crippen LogP contribution in [0.5, 0.6) is 0 Å². The Hall–Kier alpha value is -1.68. The van der Waals surface area contributed by atoms with E-state index in [9.17, 15) is 0 Å². The number of halogens is 1. The molecule has 0 bridgehead atoms. The fourth-order valence-corrected chi connectivity index (χ4v) is 2.90. The van der Waals surface area contributed by atoms with Crippen LogP contribution in [0.15, 0.2) is 41.8 Å². The van der Waals surface area contributed by atoms with Gasteiger partial charge in [-0.25, -0.2) is 0 Å². The molecule has 0 aromatic carbocycles. The van der Waals surface area contributed by atoms with Crippen molar-refractivity contribution < 1.29 is 4.74 Å². The molecule has 2 aromatic heterocycles. The number of morpholine rings is 1. The Morgan fingerprint density at radius 1 is 1.42 bits per heavy atom. The van der Waals surface area contributed by atoms with Gasteiger partial charge in [-0.05, 0) is 19.1 Å². The maximum atomic E-state index is 5.92. The second-order valence-corrected chi connectivity index (χ2v) is 6.06. The molecular weight excluding hydrogens is 443 g/mol.